The molecular formula is C12H8F3N3O. The van der Waals surface area contributed by atoms with Crippen molar-refractivity contribution in [3.63, 3.8) is 0 Å². The maximum absolute atomic E-state index is 13.3. The van der Waals surface area contributed by atoms with E-state index in [1.807, 2.05) is 0 Å². The van der Waals surface area contributed by atoms with Crippen LogP contribution >= 0.6 is 0 Å². The van der Waals surface area contributed by atoms with Crippen LogP contribution in [-0.2, 0) is 6.54 Å². The van der Waals surface area contributed by atoms with Gasteiger partial charge in [0.2, 0.25) is 0 Å². The largest absolute Gasteiger partial charge is 0.348 e. The predicted molar refractivity (Wildman–Crippen MR) is 59.5 cm³/mol. The highest BCUT2D eigenvalue weighted by Gasteiger charge is 2.15. The number of aromatic nitrogens is 2. The summed E-state index contributed by atoms with van der Waals surface area (Å²) in [7, 11) is 0. The maximum atomic E-state index is 13.3. The third-order valence-electron chi connectivity index (χ3n) is 2.39. The number of hydrogen-bond acceptors (Lipinski definition) is 3. The minimum atomic E-state index is -1.32. The number of carbonyl (C=O) groups is 1. The van der Waals surface area contributed by atoms with Crippen LogP contribution < -0.4 is 5.32 Å². The Kier molecular flexibility index (Phi) is 3.74. The van der Waals surface area contributed by atoms with E-state index >= 15 is 0 Å². The van der Waals surface area contributed by atoms with E-state index in [2.05, 4.69) is 15.3 Å². The lowest BCUT2D eigenvalue weighted by Gasteiger charge is -2.07. The van der Waals surface area contributed by atoms with Crippen molar-refractivity contribution in [1.82, 2.24) is 15.3 Å². The zero-order valence-corrected chi connectivity index (χ0v) is 9.53. The molecule has 0 radical (unpaired) electrons. The number of carbonyl (C=O) groups excluding carboxylic acids is 1. The monoisotopic (exact) mass is 267 g/mol. The van der Waals surface area contributed by atoms with Gasteiger partial charge in [0.25, 0.3) is 5.91 Å². The maximum Gasteiger partial charge on any atom is 0.254 e. The van der Waals surface area contributed by atoms with Crippen LogP contribution in [0.5, 0.6) is 0 Å². The summed E-state index contributed by atoms with van der Waals surface area (Å²) in [5.41, 5.74) is -0.398. The molecule has 2 aromatic rings. The van der Waals surface area contributed by atoms with Gasteiger partial charge >= 0.3 is 0 Å². The molecule has 1 amide bonds. The summed E-state index contributed by atoms with van der Waals surface area (Å²) in [5.74, 6) is -4.02. The first-order valence-corrected chi connectivity index (χ1v) is 5.25. The van der Waals surface area contributed by atoms with Crippen LogP contribution in [0.25, 0.3) is 0 Å². The normalized spacial score (nSPS) is 10.3. The Morgan fingerprint density at radius 3 is 2.42 bits per heavy atom. The summed E-state index contributed by atoms with van der Waals surface area (Å²) >= 11 is 0. The van der Waals surface area contributed by atoms with E-state index in [-0.39, 0.29) is 5.56 Å². The van der Waals surface area contributed by atoms with Gasteiger partial charge in [-0.1, -0.05) is 0 Å². The average Bonchev–Trinajstić information content (AvgIpc) is 2.44. The lowest BCUT2D eigenvalue weighted by molar-refractivity contribution is 0.0949. The average molecular weight is 267 g/mol. The minimum absolute atomic E-state index is 0.139. The first-order chi connectivity index (χ1) is 9.09. The Morgan fingerprint density at radius 2 is 1.74 bits per heavy atom. The predicted octanol–water partition coefficient (Wildman–Crippen LogP) is 1.82. The Hall–Kier alpha value is -2.44. The summed E-state index contributed by atoms with van der Waals surface area (Å²) in [6.07, 6.45) is 3.74. The van der Waals surface area contributed by atoms with Crippen LogP contribution in [-0.4, -0.2) is 15.9 Å². The van der Waals surface area contributed by atoms with Gasteiger partial charge in [-0.25, -0.2) is 23.1 Å². The van der Waals surface area contributed by atoms with Gasteiger partial charge in [0.1, 0.15) is 12.1 Å². The molecule has 98 valence electrons. The van der Waals surface area contributed by atoms with E-state index in [1.54, 1.807) is 0 Å². The quantitative estimate of drug-likeness (QED) is 0.863. The Labute approximate surface area is 106 Å². The molecule has 0 atom stereocenters. The first-order valence-electron chi connectivity index (χ1n) is 5.25. The van der Waals surface area contributed by atoms with Gasteiger partial charge < -0.3 is 5.32 Å². The summed E-state index contributed by atoms with van der Waals surface area (Å²) in [6, 6.07) is 1.48. The minimum Gasteiger partial charge on any atom is -0.348 e. The fourth-order valence-corrected chi connectivity index (χ4v) is 1.42. The highest BCUT2D eigenvalue weighted by Crippen LogP contribution is 2.15. The second kappa shape index (κ2) is 5.47. The van der Waals surface area contributed by atoms with Crippen LogP contribution in [0.3, 0.4) is 0 Å². The molecule has 0 fully saturated rings. The van der Waals surface area contributed by atoms with Crippen molar-refractivity contribution in [3.05, 3.63) is 59.4 Å². The van der Waals surface area contributed by atoms with Gasteiger partial charge in [0, 0.05) is 24.5 Å². The number of halogens is 3. The third-order valence-corrected chi connectivity index (χ3v) is 2.39. The number of rotatable bonds is 3. The Morgan fingerprint density at radius 1 is 1.11 bits per heavy atom. The highest BCUT2D eigenvalue weighted by molar-refractivity contribution is 5.93. The third kappa shape index (κ3) is 2.87. The molecule has 0 saturated carbocycles. The molecule has 0 aliphatic rings. The van der Waals surface area contributed by atoms with Crippen molar-refractivity contribution in [2.24, 2.45) is 0 Å². The molecule has 4 nitrogen and oxygen atoms in total. The second-order valence-electron chi connectivity index (χ2n) is 3.63. The van der Waals surface area contributed by atoms with Gasteiger partial charge in [-0.05, 0) is 12.1 Å². The number of nitrogens with one attached hydrogen (secondary N) is 1. The van der Waals surface area contributed by atoms with Crippen LogP contribution in [0, 0.1) is 17.5 Å². The van der Waals surface area contributed by atoms with Gasteiger partial charge in [0.05, 0.1) is 5.56 Å². The zero-order chi connectivity index (χ0) is 13.8. The summed E-state index contributed by atoms with van der Waals surface area (Å²) in [4.78, 5) is 18.9. The molecule has 0 saturated heterocycles. The van der Waals surface area contributed by atoms with Crippen molar-refractivity contribution in [3.8, 4) is 0 Å². The number of benzene rings is 1. The molecule has 0 aliphatic carbocycles. The molecule has 7 heteroatoms. The van der Waals surface area contributed by atoms with Crippen molar-refractivity contribution >= 4 is 5.91 Å². The summed E-state index contributed by atoms with van der Waals surface area (Å²) < 4.78 is 39.6. The van der Waals surface area contributed by atoms with E-state index in [0.717, 1.165) is 6.07 Å². The van der Waals surface area contributed by atoms with Gasteiger partial charge in [-0.2, -0.15) is 0 Å². The smallest absolute Gasteiger partial charge is 0.254 e. The van der Waals surface area contributed by atoms with Crippen molar-refractivity contribution in [1.29, 1.82) is 0 Å². The fraction of sp³-hybridized carbons (Fsp3) is 0.0833. The molecule has 0 unspecified atom stereocenters. The van der Waals surface area contributed by atoms with Crippen LogP contribution in [0.4, 0.5) is 13.2 Å². The molecule has 2 rings (SSSR count). The standard InChI is InChI=1S/C12H8F3N3O/c13-9-1-2-10(14)11(15)8(9)5-18-12(19)7-3-16-6-17-4-7/h1-4,6H,5H2,(H,18,19). The molecule has 0 spiro atoms. The van der Waals surface area contributed by atoms with E-state index in [1.165, 1.54) is 18.7 Å². The molecule has 1 aromatic carbocycles. The van der Waals surface area contributed by atoms with Gasteiger partial charge in [0.15, 0.2) is 11.6 Å². The van der Waals surface area contributed by atoms with E-state index in [9.17, 15) is 18.0 Å². The first kappa shape index (κ1) is 13.0. The molecule has 1 N–H and O–H groups in total. The van der Waals surface area contributed by atoms with E-state index < -0.39 is 35.5 Å². The second-order valence-corrected chi connectivity index (χ2v) is 3.63. The fourth-order valence-electron chi connectivity index (χ4n) is 1.42. The number of amides is 1. The van der Waals surface area contributed by atoms with Crippen LogP contribution in [0.15, 0.2) is 30.9 Å². The lowest BCUT2D eigenvalue weighted by Crippen LogP contribution is -2.24. The molecule has 0 aliphatic heterocycles. The van der Waals surface area contributed by atoms with E-state index in [0.29, 0.717) is 6.07 Å². The Balaban J connectivity index is 2.12. The van der Waals surface area contributed by atoms with Gasteiger partial charge in [-0.15, -0.1) is 0 Å². The van der Waals surface area contributed by atoms with Gasteiger partial charge in [-0.3, -0.25) is 4.79 Å². The SMILES string of the molecule is O=C(NCc1c(F)ccc(F)c1F)c1cncnc1. The summed E-state index contributed by atoms with van der Waals surface area (Å²) in [6.45, 7) is -0.469. The highest BCUT2D eigenvalue weighted by atomic mass is 19.2. The number of nitrogens with zero attached hydrogens (tertiary/aromatic N) is 2. The topological polar surface area (TPSA) is 54.9 Å². The molecule has 0 bridgehead atoms. The van der Waals surface area contributed by atoms with Crippen molar-refractivity contribution in [2.45, 2.75) is 6.54 Å². The summed E-state index contributed by atoms with van der Waals surface area (Å²) in [5, 5.41) is 2.26. The lowest BCUT2D eigenvalue weighted by atomic mass is 10.2. The molecular weight excluding hydrogens is 259 g/mol. The van der Waals surface area contributed by atoms with Crippen molar-refractivity contribution < 1.29 is 18.0 Å². The molecule has 1 heterocycles. The van der Waals surface area contributed by atoms with Crippen LogP contribution in [0.1, 0.15) is 15.9 Å². The van der Waals surface area contributed by atoms with Crippen molar-refractivity contribution in [2.75, 3.05) is 0 Å². The van der Waals surface area contributed by atoms with Crippen LogP contribution in [0.2, 0.25) is 0 Å². The zero-order valence-electron chi connectivity index (χ0n) is 9.53. The molecule has 1 aromatic heterocycles. The number of hydrogen-bond donors (Lipinski definition) is 1. The van der Waals surface area contributed by atoms with E-state index in [4.69, 9.17) is 0 Å². The Bertz CT molecular complexity index is 605. The molecule has 19 heavy (non-hydrogen) atoms.